The van der Waals surface area contributed by atoms with E-state index in [1.54, 1.807) is 6.33 Å². The molecule has 0 spiro atoms. The first kappa shape index (κ1) is 17.5. The molecule has 0 amide bonds. The van der Waals surface area contributed by atoms with Crippen LogP contribution in [0, 0.1) is 0 Å². The molecule has 0 saturated carbocycles. The zero-order valence-electron chi connectivity index (χ0n) is 15.2. The second-order valence-corrected chi connectivity index (χ2v) is 6.46. The number of aromatic nitrogens is 2. The van der Waals surface area contributed by atoms with E-state index < -0.39 is 5.54 Å². The van der Waals surface area contributed by atoms with Crippen LogP contribution in [-0.4, -0.2) is 20.6 Å². The normalized spacial score (nSPS) is 12.1. The first-order valence-corrected chi connectivity index (χ1v) is 8.95. The van der Waals surface area contributed by atoms with Crippen LogP contribution < -0.4 is 5.73 Å². The molecule has 0 aliphatic rings. The van der Waals surface area contributed by atoms with Crippen LogP contribution in [-0.2, 0) is 5.54 Å². The largest absolute Gasteiger partial charge is 0.409 e. The van der Waals surface area contributed by atoms with Crippen molar-refractivity contribution in [1.29, 1.82) is 0 Å². The van der Waals surface area contributed by atoms with Gasteiger partial charge in [0, 0.05) is 6.20 Å². The highest BCUT2D eigenvalue weighted by Gasteiger charge is 2.38. The zero-order chi connectivity index (χ0) is 19.4. The minimum Gasteiger partial charge on any atom is -0.409 e. The Balaban J connectivity index is 2.09. The van der Waals surface area contributed by atoms with Gasteiger partial charge in [0.25, 0.3) is 0 Å². The van der Waals surface area contributed by atoms with E-state index in [0.29, 0.717) is 5.69 Å². The van der Waals surface area contributed by atoms with Gasteiger partial charge in [0.2, 0.25) is 0 Å². The standard InChI is InChI=1S/C23H20N4O/c24-22(26-28)21-16-27(17-25-21)23(18-10-4-1-5-11-18,19-12-6-2-7-13-19)20-14-8-3-9-15-20/h1-17,28H,(H2,24,26). The van der Waals surface area contributed by atoms with Crippen molar-refractivity contribution >= 4 is 5.84 Å². The van der Waals surface area contributed by atoms with Gasteiger partial charge in [-0.15, -0.1) is 0 Å². The molecule has 0 radical (unpaired) electrons. The Kier molecular flexibility index (Phi) is 4.64. The summed E-state index contributed by atoms with van der Waals surface area (Å²) in [5.41, 5.74) is 8.78. The first-order chi connectivity index (χ1) is 13.8. The number of amidine groups is 1. The molecule has 4 aromatic rings. The number of hydrogen-bond donors (Lipinski definition) is 2. The number of imidazole rings is 1. The summed E-state index contributed by atoms with van der Waals surface area (Å²) in [6.45, 7) is 0. The number of benzene rings is 3. The molecular formula is C23H20N4O. The van der Waals surface area contributed by atoms with Gasteiger partial charge in [-0.25, -0.2) is 4.98 Å². The summed E-state index contributed by atoms with van der Waals surface area (Å²) >= 11 is 0. The maximum absolute atomic E-state index is 9.07. The van der Waals surface area contributed by atoms with Crippen molar-refractivity contribution in [1.82, 2.24) is 9.55 Å². The van der Waals surface area contributed by atoms with Crippen molar-refractivity contribution in [2.24, 2.45) is 10.9 Å². The van der Waals surface area contributed by atoms with Gasteiger partial charge in [0.05, 0.1) is 6.33 Å². The third kappa shape index (κ3) is 2.83. The fraction of sp³-hybridized carbons (Fsp3) is 0.0435. The molecule has 0 fully saturated rings. The molecule has 0 aliphatic heterocycles. The molecule has 0 atom stereocenters. The van der Waals surface area contributed by atoms with E-state index in [9.17, 15) is 0 Å². The van der Waals surface area contributed by atoms with Crippen LogP contribution in [0.5, 0.6) is 0 Å². The lowest BCUT2D eigenvalue weighted by atomic mass is 9.77. The quantitative estimate of drug-likeness (QED) is 0.185. The highest BCUT2D eigenvalue weighted by Crippen LogP contribution is 2.40. The van der Waals surface area contributed by atoms with Crippen LogP contribution in [0.1, 0.15) is 22.4 Å². The number of nitrogens with zero attached hydrogens (tertiary/aromatic N) is 3. The van der Waals surface area contributed by atoms with Gasteiger partial charge in [-0.1, -0.05) is 96.2 Å². The Morgan fingerprint density at radius 1 is 0.786 bits per heavy atom. The average molecular weight is 368 g/mol. The smallest absolute Gasteiger partial charge is 0.190 e. The molecule has 5 heteroatoms. The topological polar surface area (TPSA) is 76.4 Å². The van der Waals surface area contributed by atoms with Crippen LogP contribution in [0.3, 0.4) is 0 Å². The molecule has 28 heavy (non-hydrogen) atoms. The summed E-state index contributed by atoms with van der Waals surface area (Å²) in [7, 11) is 0. The van der Waals surface area contributed by atoms with Gasteiger partial charge in [-0.05, 0) is 16.7 Å². The lowest BCUT2D eigenvalue weighted by molar-refractivity contribution is 0.318. The lowest BCUT2D eigenvalue weighted by Gasteiger charge is -2.37. The average Bonchev–Trinajstić information content (AvgIpc) is 3.26. The second-order valence-electron chi connectivity index (χ2n) is 6.46. The van der Waals surface area contributed by atoms with Crippen LogP contribution in [0.2, 0.25) is 0 Å². The van der Waals surface area contributed by atoms with Crippen LogP contribution in [0.25, 0.3) is 0 Å². The summed E-state index contributed by atoms with van der Waals surface area (Å²) in [4.78, 5) is 4.38. The van der Waals surface area contributed by atoms with E-state index in [0.717, 1.165) is 16.7 Å². The number of nitrogens with two attached hydrogens (primary N) is 1. The van der Waals surface area contributed by atoms with E-state index in [1.165, 1.54) is 0 Å². The van der Waals surface area contributed by atoms with Gasteiger partial charge >= 0.3 is 0 Å². The van der Waals surface area contributed by atoms with Crippen molar-refractivity contribution in [3.8, 4) is 0 Å². The molecule has 5 nitrogen and oxygen atoms in total. The molecule has 0 saturated heterocycles. The van der Waals surface area contributed by atoms with Crippen molar-refractivity contribution in [3.63, 3.8) is 0 Å². The summed E-state index contributed by atoms with van der Waals surface area (Å²) in [6.07, 6.45) is 3.53. The van der Waals surface area contributed by atoms with Gasteiger partial charge in [0.15, 0.2) is 5.84 Å². The molecule has 1 heterocycles. The molecule has 0 bridgehead atoms. The highest BCUT2D eigenvalue weighted by molar-refractivity contribution is 5.95. The number of hydrogen-bond acceptors (Lipinski definition) is 3. The molecular weight excluding hydrogens is 348 g/mol. The summed E-state index contributed by atoms with van der Waals surface area (Å²) in [5, 5.41) is 12.2. The highest BCUT2D eigenvalue weighted by atomic mass is 16.4. The van der Waals surface area contributed by atoms with Gasteiger partial charge in [-0.3, -0.25) is 0 Å². The van der Waals surface area contributed by atoms with Gasteiger partial charge in [-0.2, -0.15) is 0 Å². The zero-order valence-corrected chi connectivity index (χ0v) is 15.2. The molecule has 0 aliphatic carbocycles. The monoisotopic (exact) mass is 368 g/mol. The van der Waals surface area contributed by atoms with Crippen molar-refractivity contribution in [2.75, 3.05) is 0 Å². The molecule has 0 unspecified atom stereocenters. The Morgan fingerprint density at radius 3 is 1.61 bits per heavy atom. The fourth-order valence-corrected chi connectivity index (χ4v) is 3.68. The Hall–Kier alpha value is -3.86. The molecule has 1 aromatic heterocycles. The van der Waals surface area contributed by atoms with E-state index in [-0.39, 0.29) is 5.84 Å². The molecule has 4 rings (SSSR count). The van der Waals surface area contributed by atoms with E-state index >= 15 is 0 Å². The van der Waals surface area contributed by atoms with Gasteiger partial charge in [0.1, 0.15) is 11.2 Å². The van der Waals surface area contributed by atoms with Crippen LogP contribution in [0.4, 0.5) is 0 Å². The Bertz CT molecular complexity index is 977. The van der Waals surface area contributed by atoms with E-state index in [1.807, 2.05) is 65.4 Å². The summed E-state index contributed by atoms with van der Waals surface area (Å²) < 4.78 is 2.01. The van der Waals surface area contributed by atoms with Gasteiger partial charge < -0.3 is 15.5 Å². The SMILES string of the molecule is N/C(=N\O)c1cn(C(c2ccccc2)(c2ccccc2)c2ccccc2)cn1. The Morgan fingerprint density at radius 2 is 1.21 bits per heavy atom. The van der Waals surface area contributed by atoms with Crippen molar-refractivity contribution < 1.29 is 5.21 Å². The van der Waals surface area contributed by atoms with E-state index in [4.69, 9.17) is 10.9 Å². The predicted octanol–water partition coefficient (Wildman–Crippen LogP) is 3.82. The first-order valence-electron chi connectivity index (χ1n) is 8.95. The summed E-state index contributed by atoms with van der Waals surface area (Å²) in [5.74, 6) is -0.0261. The second kappa shape index (κ2) is 7.40. The molecule has 138 valence electrons. The van der Waals surface area contributed by atoms with Crippen LogP contribution >= 0.6 is 0 Å². The third-order valence-corrected chi connectivity index (χ3v) is 4.91. The van der Waals surface area contributed by atoms with Crippen molar-refractivity contribution in [2.45, 2.75) is 5.54 Å². The minimum absolute atomic E-state index is 0.0261. The minimum atomic E-state index is -0.662. The van der Waals surface area contributed by atoms with E-state index in [2.05, 4.69) is 46.5 Å². The van der Waals surface area contributed by atoms with Crippen LogP contribution in [0.15, 0.2) is 109 Å². The number of oxime groups is 1. The molecule has 3 N–H and O–H groups in total. The molecule has 3 aromatic carbocycles. The summed E-state index contributed by atoms with van der Waals surface area (Å²) in [6, 6.07) is 30.8. The van der Waals surface area contributed by atoms with Crippen molar-refractivity contribution in [3.05, 3.63) is 126 Å². The Labute approximate surface area is 163 Å². The number of rotatable bonds is 5. The third-order valence-electron chi connectivity index (χ3n) is 4.91. The lowest BCUT2D eigenvalue weighted by Crippen LogP contribution is -2.37. The fourth-order valence-electron chi connectivity index (χ4n) is 3.68. The predicted molar refractivity (Wildman–Crippen MR) is 109 cm³/mol. The maximum atomic E-state index is 9.07. The maximum Gasteiger partial charge on any atom is 0.190 e.